The summed E-state index contributed by atoms with van der Waals surface area (Å²) in [6.45, 7) is 4.74. The molecule has 0 saturated carbocycles. The summed E-state index contributed by atoms with van der Waals surface area (Å²) in [6, 6.07) is 0.817. The first-order valence-electron chi connectivity index (χ1n) is 8.32. The second-order valence-corrected chi connectivity index (χ2v) is 7.05. The van der Waals surface area contributed by atoms with E-state index in [2.05, 4.69) is 5.10 Å². The van der Waals surface area contributed by atoms with E-state index in [1.54, 1.807) is 21.5 Å². The second-order valence-electron chi connectivity index (χ2n) is 7.05. The molecule has 0 bridgehead atoms. The fourth-order valence-electron chi connectivity index (χ4n) is 4.22. The van der Waals surface area contributed by atoms with E-state index in [0.29, 0.717) is 31.7 Å². The summed E-state index contributed by atoms with van der Waals surface area (Å²) in [6.07, 6.45) is 1.96. The highest BCUT2D eigenvalue weighted by Crippen LogP contribution is 2.39. The van der Waals surface area contributed by atoms with Gasteiger partial charge in [0.2, 0.25) is 0 Å². The van der Waals surface area contributed by atoms with E-state index < -0.39 is 11.6 Å². The molecular weight excluding hydrogens is 310 g/mol. The quantitative estimate of drug-likeness (QED) is 0.746. The van der Waals surface area contributed by atoms with E-state index in [1.807, 2.05) is 19.9 Å². The SMILES string of the molecule is Cc1cc(N2CC[C@H](N3C(=O)N4CCC[C@@]4(C)C3=O)C2=O)n(C)n1. The number of amides is 4. The minimum absolute atomic E-state index is 0.204. The number of aromatic nitrogens is 2. The van der Waals surface area contributed by atoms with Crippen molar-refractivity contribution in [2.45, 2.75) is 44.7 Å². The Kier molecular flexibility index (Phi) is 3.04. The van der Waals surface area contributed by atoms with Gasteiger partial charge < -0.3 is 4.90 Å². The molecule has 0 aliphatic carbocycles. The average molecular weight is 331 g/mol. The molecule has 4 amide bonds. The number of urea groups is 1. The third kappa shape index (κ3) is 1.79. The lowest BCUT2D eigenvalue weighted by Crippen LogP contribution is -2.47. The van der Waals surface area contributed by atoms with Crippen LogP contribution < -0.4 is 4.90 Å². The van der Waals surface area contributed by atoms with Crippen LogP contribution in [-0.2, 0) is 16.6 Å². The Balaban J connectivity index is 1.63. The highest BCUT2D eigenvalue weighted by atomic mass is 16.2. The molecule has 8 nitrogen and oxygen atoms in total. The first-order chi connectivity index (χ1) is 11.3. The first-order valence-corrected chi connectivity index (χ1v) is 8.32. The molecule has 3 aliphatic rings. The average Bonchev–Trinajstić information content (AvgIpc) is 3.21. The molecule has 3 saturated heterocycles. The number of imide groups is 1. The summed E-state index contributed by atoms with van der Waals surface area (Å²) in [4.78, 5) is 42.9. The minimum Gasteiger partial charge on any atom is -0.310 e. The summed E-state index contributed by atoms with van der Waals surface area (Å²) in [5, 5.41) is 4.27. The molecule has 0 radical (unpaired) electrons. The van der Waals surface area contributed by atoms with Gasteiger partial charge in [-0.25, -0.2) is 9.69 Å². The van der Waals surface area contributed by atoms with Crippen LogP contribution in [0.25, 0.3) is 0 Å². The van der Waals surface area contributed by atoms with Crippen LogP contribution in [-0.4, -0.2) is 62.1 Å². The van der Waals surface area contributed by atoms with Gasteiger partial charge in [0.1, 0.15) is 17.4 Å². The Bertz CT molecular complexity index is 757. The largest absolute Gasteiger partial charge is 0.328 e. The standard InChI is InChI=1S/C16H21N5O3/c1-10-9-12(18(3)17-10)19-8-5-11(13(19)22)21-14(23)16(2)6-4-7-20(16)15(21)24/h9,11H,4-8H2,1-3H3/t11-,16-/m0/s1. The molecule has 2 atom stereocenters. The molecule has 3 fully saturated rings. The number of carbonyl (C=O) groups is 3. The van der Waals surface area contributed by atoms with Crippen molar-refractivity contribution >= 4 is 23.7 Å². The molecule has 4 rings (SSSR count). The summed E-state index contributed by atoms with van der Waals surface area (Å²) < 4.78 is 1.66. The van der Waals surface area contributed by atoms with Crippen LogP contribution in [0.1, 0.15) is 31.9 Å². The van der Waals surface area contributed by atoms with Crippen molar-refractivity contribution in [3.05, 3.63) is 11.8 Å². The summed E-state index contributed by atoms with van der Waals surface area (Å²) in [7, 11) is 1.78. The van der Waals surface area contributed by atoms with Gasteiger partial charge in [-0.1, -0.05) is 0 Å². The van der Waals surface area contributed by atoms with Crippen molar-refractivity contribution in [1.29, 1.82) is 0 Å². The predicted molar refractivity (Wildman–Crippen MR) is 85.3 cm³/mol. The highest BCUT2D eigenvalue weighted by Gasteiger charge is 2.60. The Morgan fingerprint density at radius 3 is 2.62 bits per heavy atom. The van der Waals surface area contributed by atoms with Crippen molar-refractivity contribution in [3.63, 3.8) is 0 Å². The fourth-order valence-corrected chi connectivity index (χ4v) is 4.22. The summed E-state index contributed by atoms with van der Waals surface area (Å²) in [5.41, 5.74) is 0.0543. The normalized spacial score (nSPS) is 30.0. The molecule has 8 heteroatoms. The zero-order valence-corrected chi connectivity index (χ0v) is 14.2. The molecule has 0 N–H and O–H groups in total. The number of rotatable bonds is 2. The Hall–Kier alpha value is -2.38. The molecule has 4 heterocycles. The van der Waals surface area contributed by atoms with Crippen LogP contribution in [0.5, 0.6) is 0 Å². The zero-order chi connectivity index (χ0) is 17.2. The molecule has 24 heavy (non-hydrogen) atoms. The number of carbonyl (C=O) groups excluding carboxylic acids is 3. The molecule has 3 aliphatic heterocycles. The topological polar surface area (TPSA) is 78.8 Å². The predicted octanol–water partition coefficient (Wildman–Crippen LogP) is 0.651. The molecule has 0 spiro atoms. The van der Waals surface area contributed by atoms with Gasteiger partial charge >= 0.3 is 6.03 Å². The van der Waals surface area contributed by atoms with Crippen molar-refractivity contribution in [2.75, 3.05) is 18.0 Å². The molecule has 1 aromatic rings. The maximum Gasteiger partial charge on any atom is 0.328 e. The summed E-state index contributed by atoms with van der Waals surface area (Å²) >= 11 is 0. The molecule has 0 unspecified atom stereocenters. The second kappa shape index (κ2) is 4.81. The van der Waals surface area contributed by atoms with E-state index in [-0.39, 0.29) is 17.8 Å². The van der Waals surface area contributed by atoms with Crippen LogP contribution in [0.3, 0.4) is 0 Å². The van der Waals surface area contributed by atoms with Crippen LogP contribution in [0.15, 0.2) is 6.07 Å². The van der Waals surface area contributed by atoms with E-state index in [0.717, 1.165) is 12.1 Å². The first kappa shape index (κ1) is 15.2. The van der Waals surface area contributed by atoms with E-state index >= 15 is 0 Å². The van der Waals surface area contributed by atoms with Gasteiger partial charge in [-0.2, -0.15) is 5.10 Å². The van der Waals surface area contributed by atoms with Crippen molar-refractivity contribution in [3.8, 4) is 0 Å². The number of hydrogen-bond donors (Lipinski definition) is 0. The lowest BCUT2D eigenvalue weighted by atomic mass is 9.99. The van der Waals surface area contributed by atoms with Crippen molar-refractivity contribution < 1.29 is 14.4 Å². The summed E-state index contributed by atoms with van der Waals surface area (Å²) in [5.74, 6) is 0.265. The van der Waals surface area contributed by atoms with Crippen LogP contribution in [0.4, 0.5) is 10.6 Å². The maximum atomic E-state index is 12.9. The Morgan fingerprint density at radius 2 is 2.00 bits per heavy atom. The van der Waals surface area contributed by atoms with Gasteiger partial charge in [-0.15, -0.1) is 0 Å². The van der Waals surface area contributed by atoms with Crippen molar-refractivity contribution in [2.24, 2.45) is 7.05 Å². The van der Waals surface area contributed by atoms with E-state index in [1.165, 1.54) is 4.90 Å². The van der Waals surface area contributed by atoms with Crippen LogP contribution in [0, 0.1) is 6.92 Å². The van der Waals surface area contributed by atoms with Crippen molar-refractivity contribution in [1.82, 2.24) is 19.6 Å². The monoisotopic (exact) mass is 331 g/mol. The minimum atomic E-state index is -0.770. The lowest BCUT2D eigenvalue weighted by molar-refractivity contribution is -0.136. The highest BCUT2D eigenvalue weighted by molar-refractivity contribution is 6.12. The number of fused-ring (bicyclic) bond motifs is 1. The van der Waals surface area contributed by atoms with Crippen LogP contribution >= 0.6 is 0 Å². The Morgan fingerprint density at radius 1 is 1.25 bits per heavy atom. The van der Waals surface area contributed by atoms with Gasteiger partial charge in [0.25, 0.3) is 11.8 Å². The number of aryl methyl sites for hydroxylation is 2. The smallest absolute Gasteiger partial charge is 0.310 e. The molecular formula is C16H21N5O3. The number of nitrogens with zero attached hydrogens (tertiary/aromatic N) is 5. The van der Waals surface area contributed by atoms with Gasteiger partial charge in [0.05, 0.1) is 5.69 Å². The van der Waals surface area contributed by atoms with Gasteiger partial charge in [-0.3, -0.25) is 19.2 Å². The molecule has 128 valence electrons. The lowest BCUT2D eigenvalue weighted by Gasteiger charge is -2.23. The van der Waals surface area contributed by atoms with Crippen LogP contribution in [0.2, 0.25) is 0 Å². The number of hydrogen-bond acceptors (Lipinski definition) is 4. The van der Waals surface area contributed by atoms with Gasteiger partial charge in [-0.05, 0) is 33.1 Å². The third-order valence-electron chi connectivity index (χ3n) is 5.50. The van der Waals surface area contributed by atoms with E-state index in [4.69, 9.17) is 0 Å². The Labute approximate surface area is 140 Å². The fraction of sp³-hybridized carbons (Fsp3) is 0.625. The maximum absolute atomic E-state index is 12.9. The van der Waals surface area contributed by atoms with Gasteiger partial charge in [0.15, 0.2) is 0 Å². The molecule has 0 aromatic carbocycles. The molecule has 1 aromatic heterocycles. The number of anilines is 1. The zero-order valence-electron chi connectivity index (χ0n) is 14.2. The van der Waals surface area contributed by atoms with E-state index in [9.17, 15) is 14.4 Å². The third-order valence-corrected chi connectivity index (χ3v) is 5.50. The van der Waals surface area contributed by atoms with Gasteiger partial charge in [0, 0.05) is 26.2 Å².